The summed E-state index contributed by atoms with van der Waals surface area (Å²) in [4.78, 5) is 0. The summed E-state index contributed by atoms with van der Waals surface area (Å²) in [7, 11) is 1.64. The topological polar surface area (TPSA) is 37.9 Å². The molecule has 13 heavy (non-hydrogen) atoms. The second kappa shape index (κ2) is 3.26. The first-order valence-corrected chi connectivity index (χ1v) is 4.45. The van der Waals surface area contributed by atoms with Gasteiger partial charge in [-0.1, -0.05) is 0 Å². The van der Waals surface area contributed by atoms with E-state index in [0.29, 0.717) is 5.88 Å². The molecule has 3 nitrogen and oxygen atoms in total. The van der Waals surface area contributed by atoms with Crippen LogP contribution in [0.25, 0.3) is 10.9 Å². The van der Waals surface area contributed by atoms with Gasteiger partial charge in [-0.2, -0.15) is 5.10 Å². The van der Waals surface area contributed by atoms with Crippen molar-refractivity contribution < 1.29 is 4.74 Å². The zero-order chi connectivity index (χ0) is 9.26. The van der Waals surface area contributed by atoms with Gasteiger partial charge in [0.1, 0.15) is 5.75 Å². The van der Waals surface area contributed by atoms with Gasteiger partial charge in [0, 0.05) is 11.5 Å². The lowest BCUT2D eigenvalue weighted by Crippen LogP contribution is -1.81. The standard InChI is InChI=1S/C9H9ClN2O/c1-13-6-2-3-7-8(4-6)11-12-9(7)5-10/h2-4H,5H2,1H3,(H,11,12). The molecule has 1 N–H and O–H groups in total. The number of nitrogens with zero attached hydrogens (tertiary/aromatic N) is 1. The molecule has 0 aliphatic heterocycles. The Bertz CT molecular complexity index is 424. The number of alkyl halides is 1. The monoisotopic (exact) mass is 196 g/mol. The summed E-state index contributed by atoms with van der Waals surface area (Å²) >= 11 is 5.72. The van der Waals surface area contributed by atoms with Crippen LogP contribution in [-0.2, 0) is 5.88 Å². The molecule has 0 saturated carbocycles. The van der Waals surface area contributed by atoms with Crippen LogP contribution < -0.4 is 4.74 Å². The fraction of sp³-hybridized carbons (Fsp3) is 0.222. The number of hydrogen-bond donors (Lipinski definition) is 1. The van der Waals surface area contributed by atoms with E-state index in [9.17, 15) is 0 Å². The number of hydrogen-bond acceptors (Lipinski definition) is 2. The molecule has 0 aliphatic carbocycles. The highest BCUT2D eigenvalue weighted by atomic mass is 35.5. The number of rotatable bonds is 2. The highest BCUT2D eigenvalue weighted by Crippen LogP contribution is 2.22. The normalized spacial score (nSPS) is 10.6. The Hall–Kier alpha value is -1.22. The number of methoxy groups -OCH3 is 1. The first kappa shape index (κ1) is 8.38. The minimum absolute atomic E-state index is 0.447. The van der Waals surface area contributed by atoms with Crippen LogP contribution in [0.5, 0.6) is 5.75 Å². The van der Waals surface area contributed by atoms with Crippen LogP contribution in [0.3, 0.4) is 0 Å². The maximum atomic E-state index is 5.72. The van der Waals surface area contributed by atoms with E-state index in [0.717, 1.165) is 22.3 Å². The Morgan fingerprint density at radius 1 is 1.54 bits per heavy atom. The van der Waals surface area contributed by atoms with Gasteiger partial charge in [0.2, 0.25) is 0 Å². The van der Waals surface area contributed by atoms with E-state index in [1.54, 1.807) is 7.11 Å². The molecule has 0 unspecified atom stereocenters. The smallest absolute Gasteiger partial charge is 0.121 e. The van der Waals surface area contributed by atoms with Crippen LogP contribution in [0.2, 0.25) is 0 Å². The molecule has 68 valence electrons. The van der Waals surface area contributed by atoms with Crippen LogP contribution in [0.15, 0.2) is 18.2 Å². The van der Waals surface area contributed by atoms with Crippen molar-refractivity contribution in [2.75, 3.05) is 7.11 Å². The molecule has 1 aromatic carbocycles. The number of ether oxygens (including phenoxy) is 1. The molecule has 0 bridgehead atoms. The Morgan fingerprint density at radius 3 is 3.08 bits per heavy atom. The Kier molecular flexibility index (Phi) is 2.10. The van der Waals surface area contributed by atoms with E-state index in [2.05, 4.69) is 10.2 Å². The number of halogens is 1. The van der Waals surface area contributed by atoms with Crippen molar-refractivity contribution in [1.29, 1.82) is 0 Å². The average molecular weight is 197 g/mol. The van der Waals surface area contributed by atoms with Crippen molar-refractivity contribution in [3.63, 3.8) is 0 Å². The van der Waals surface area contributed by atoms with Crippen LogP contribution in [0.1, 0.15) is 5.69 Å². The number of H-pyrrole nitrogens is 1. The van der Waals surface area contributed by atoms with Crippen molar-refractivity contribution >= 4 is 22.5 Å². The van der Waals surface area contributed by atoms with Gasteiger partial charge in [-0.15, -0.1) is 11.6 Å². The molecule has 0 atom stereocenters. The third kappa shape index (κ3) is 1.35. The second-order valence-electron chi connectivity index (χ2n) is 2.72. The molecule has 0 fully saturated rings. The van der Waals surface area contributed by atoms with Crippen molar-refractivity contribution in [3.05, 3.63) is 23.9 Å². The summed E-state index contributed by atoms with van der Waals surface area (Å²) in [6.45, 7) is 0. The molecular formula is C9H9ClN2O. The molecule has 0 saturated heterocycles. The quantitative estimate of drug-likeness (QED) is 0.749. The summed E-state index contributed by atoms with van der Waals surface area (Å²) in [5.74, 6) is 1.25. The van der Waals surface area contributed by atoms with Crippen LogP contribution in [0, 0.1) is 0 Å². The van der Waals surface area contributed by atoms with E-state index in [1.807, 2.05) is 18.2 Å². The fourth-order valence-electron chi connectivity index (χ4n) is 1.28. The van der Waals surface area contributed by atoms with E-state index in [-0.39, 0.29) is 0 Å². The van der Waals surface area contributed by atoms with Crippen molar-refractivity contribution in [1.82, 2.24) is 10.2 Å². The molecule has 0 spiro atoms. The molecule has 2 rings (SSSR count). The average Bonchev–Trinajstić information content (AvgIpc) is 2.59. The second-order valence-corrected chi connectivity index (χ2v) is 2.99. The van der Waals surface area contributed by atoms with E-state index in [1.165, 1.54) is 0 Å². The largest absolute Gasteiger partial charge is 0.497 e. The lowest BCUT2D eigenvalue weighted by molar-refractivity contribution is 0.415. The highest BCUT2D eigenvalue weighted by Gasteiger charge is 2.04. The lowest BCUT2D eigenvalue weighted by Gasteiger charge is -1.97. The summed E-state index contributed by atoms with van der Waals surface area (Å²) in [5, 5.41) is 8.04. The number of fused-ring (bicyclic) bond motifs is 1. The molecule has 1 heterocycles. The summed E-state index contributed by atoms with van der Waals surface area (Å²) in [5.41, 5.74) is 1.83. The van der Waals surface area contributed by atoms with E-state index < -0.39 is 0 Å². The zero-order valence-electron chi connectivity index (χ0n) is 7.17. The molecule has 0 aliphatic rings. The number of aromatic amines is 1. The SMILES string of the molecule is COc1ccc2c(CCl)[nH]nc2c1. The number of aromatic nitrogens is 2. The zero-order valence-corrected chi connectivity index (χ0v) is 7.93. The molecule has 1 aromatic heterocycles. The van der Waals surface area contributed by atoms with Crippen LogP contribution in [0.4, 0.5) is 0 Å². The summed E-state index contributed by atoms with van der Waals surface area (Å²) < 4.78 is 5.08. The van der Waals surface area contributed by atoms with Gasteiger partial charge in [0.05, 0.1) is 24.2 Å². The van der Waals surface area contributed by atoms with Crippen molar-refractivity contribution in [2.45, 2.75) is 5.88 Å². The molecule has 0 radical (unpaired) electrons. The predicted molar refractivity (Wildman–Crippen MR) is 52.2 cm³/mol. The van der Waals surface area contributed by atoms with Gasteiger partial charge in [0.15, 0.2) is 0 Å². The molecule has 2 aromatic rings. The van der Waals surface area contributed by atoms with Gasteiger partial charge in [-0.3, -0.25) is 5.10 Å². The van der Waals surface area contributed by atoms with Crippen molar-refractivity contribution in [3.8, 4) is 5.75 Å². The first-order chi connectivity index (χ1) is 6.35. The molecular weight excluding hydrogens is 188 g/mol. The van der Waals surface area contributed by atoms with E-state index >= 15 is 0 Å². The van der Waals surface area contributed by atoms with Gasteiger partial charge in [0.25, 0.3) is 0 Å². The van der Waals surface area contributed by atoms with Crippen LogP contribution in [-0.4, -0.2) is 17.3 Å². The predicted octanol–water partition coefficient (Wildman–Crippen LogP) is 2.31. The maximum Gasteiger partial charge on any atom is 0.121 e. The Balaban J connectivity index is 2.61. The highest BCUT2D eigenvalue weighted by molar-refractivity contribution is 6.17. The van der Waals surface area contributed by atoms with E-state index in [4.69, 9.17) is 16.3 Å². The first-order valence-electron chi connectivity index (χ1n) is 3.92. The number of nitrogens with one attached hydrogen (secondary N) is 1. The summed E-state index contributed by atoms with van der Waals surface area (Å²) in [6, 6.07) is 5.73. The Labute approximate surface area is 80.7 Å². The van der Waals surface area contributed by atoms with Gasteiger partial charge < -0.3 is 4.74 Å². The molecule has 4 heteroatoms. The molecule has 0 amide bonds. The lowest BCUT2D eigenvalue weighted by atomic mass is 10.2. The third-order valence-corrected chi connectivity index (χ3v) is 2.24. The van der Waals surface area contributed by atoms with Gasteiger partial charge >= 0.3 is 0 Å². The van der Waals surface area contributed by atoms with Gasteiger partial charge in [-0.05, 0) is 12.1 Å². The van der Waals surface area contributed by atoms with Crippen molar-refractivity contribution in [2.24, 2.45) is 0 Å². The van der Waals surface area contributed by atoms with Gasteiger partial charge in [-0.25, -0.2) is 0 Å². The minimum atomic E-state index is 0.447. The van der Waals surface area contributed by atoms with Crippen LogP contribution >= 0.6 is 11.6 Å². The Morgan fingerprint density at radius 2 is 2.38 bits per heavy atom. The summed E-state index contributed by atoms with van der Waals surface area (Å²) in [6.07, 6.45) is 0. The minimum Gasteiger partial charge on any atom is -0.497 e. The maximum absolute atomic E-state index is 5.72. The third-order valence-electron chi connectivity index (χ3n) is 1.97. The fourth-order valence-corrected chi connectivity index (χ4v) is 1.48. The number of benzene rings is 1.